The zero-order chi connectivity index (χ0) is 13.4. The lowest BCUT2D eigenvalue weighted by molar-refractivity contribution is 0.438. The van der Waals surface area contributed by atoms with Gasteiger partial charge in [0.25, 0.3) is 0 Å². The fourth-order valence-corrected chi connectivity index (χ4v) is 2.61. The first-order valence-electron chi connectivity index (χ1n) is 5.42. The third-order valence-electron chi connectivity index (χ3n) is 2.69. The fourth-order valence-electron chi connectivity index (χ4n) is 1.83. The molecular weight excluding hydrogens is 270 g/mol. The van der Waals surface area contributed by atoms with Crippen molar-refractivity contribution >= 4 is 17.2 Å². The average molecular weight is 278 g/mol. The quantitative estimate of drug-likeness (QED) is 0.772. The predicted molar refractivity (Wildman–Crippen MR) is 69.6 cm³/mol. The summed E-state index contributed by atoms with van der Waals surface area (Å²) in [7, 11) is 0. The third-order valence-corrected chi connectivity index (χ3v) is 3.58. The molecule has 2 heterocycles. The highest BCUT2D eigenvalue weighted by Gasteiger charge is 2.21. The van der Waals surface area contributed by atoms with E-state index < -0.39 is 11.6 Å². The van der Waals surface area contributed by atoms with Gasteiger partial charge in [-0.3, -0.25) is 0 Å². The maximum Gasteiger partial charge on any atom is 0.231 e. The van der Waals surface area contributed by atoms with Crippen molar-refractivity contribution in [3.05, 3.63) is 47.3 Å². The molecule has 2 N–H and O–H groups in total. The normalized spacial score (nSPS) is 10.8. The van der Waals surface area contributed by atoms with Crippen LogP contribution in [0.2, 0.25) is 0 Å². The molecule has 0 fully saturated rings. The van der Waals surface area contributed by atoms with E-state index in [9.17, 15) is 8.78 Å². The Kier molecular flexibility index (Phi) is 2.79. The van der Waals surface area contributed by atoms with Crippen molar-refractivity contribution in [2.24, 2.45) is 0 Å². The predicted octanol–water partition coefficient (Wildman–Crippen LogP) is 3.93. The summed E-state index contributed by atoms with van der Waals surface area (Å²) < 4.78 is 32.0. The van der Waals surface area contributed by atoms with E-state index in [0.29, 0.717) is 5.56 Å². The van der Waals surface area contributed by atoms with Crippen LogP contribution in [0.3, 0.4) is 0 Å². The second kappa shape index (κ2) is 4.47. The van der Waals surface area contributed by atoms with Crippen LogP contribution in [0.4, 0.5) is 14.7 Å². The Hall–Kier alpha value is -2.21. The van der Waals surface area contributed by atoms with E-state index in [2.05, 4.69) is 5.16 Å². The standard InChI is InChI=1S/C13H8F2N2OS/c14-8-4-1-3-7(11(8)15)12-10(13(16)18-17-12)9-5-2-6-19-9/h1-6H,16H2. The molecule has 0 saturated carbocycles. The molecule has 3 rings (SSSR count). The van der Waals surface area contributed by atoms with Crippen LogP contribution in [0.25, 0.3) is 21.7 Å². The van der Waals surface area contributed by atoms with Gasteiger partial charge in [-0.15, -0.1) is 11.3 Å². The van der Waals surface area contributed by atoms with Crippen molar-refractivity contribution in [3.63, 3.8) is 0 Å². The van der Waals surface area contributed by atoms with Crippen molar-refractivity contribution in [2.75, 3.05) is 5.73 Å². The van der Waals surface area contributed by atoms with Crippen molar-refractivity contribution in [3.8, 4) is 21.7 Å². The molecule has 0 spiro atoms. The second-order valence-corrected chi connectivity index (χ2v) is 4.80. The molecule has 0 bridgehead atoms. The van der Waals surface area contributed by atoms with Crippen molar-refractivity contribution in [1.82, 2.24) is 5.16 Å². The van der Waals surface area contributed by atoms with Gasteiger partial charge < -0.3 is 10.3 Å². The summed E-state index contributed by atoms with van der Waals surface area (Å²) in [5.74, 6) is -1.81. The van der Waals surface area contributed by atoms with E-state index in [-0.39, 0.29) is 17.1 Å². The Morgan fingerprint density at radius 3 is 2.74 bits per heavy atom. The lowest BCUT2D eigenvalue weighted by Crippen LogP contribution is -1.91. The first kappa shape index (κ1) is 11.9. The number of halogens is 2. The molecule has 3 nitrogen and oxygen atoms in total. The molecule has 0 aliphatic heterocycles. The summed E-state index contributed by atoms with van der Waals surface area (Å²) in [6.07, 6.45) is 0. The lowest BCUT2D eigenvalue weighted by atomic mass is 10.1. The molecule has 6 heteroatoms. The summed E-state index contributed by atoms with van der Waals surface area (Å²) >= 11 is 1.42. The minimum atomic E-state index is -0.964. The van der Waals surface area contributed by atoms with Gasteiger partial charge in [0.1, 0.15) is 5.69 Å². The second-order valence-electron chi connectivity index (χ2n) is 3.85. The average Bonchev–Trinajstić information content (AvgIpc) is 3.02. The van der Waals surface area contributed by atoms with Gasteiger partial charge in [-0.25, -0.2) is 8.78 Å². The van der Waals surface area contributed by atoms with Crippen LogP contribution in [-0.4, -0.2) is 5.16 Å². The molecule has 0 amide bonds. The summed E-state index contributed by atoms with van der Waals surface area (Å²) in [5.41, 5.74) is 6.44. The molecule has 0 aliphatic carbocycles. The zero-order valence-corrected chi connectivity index (χ0v) is 10.4. The van der Waals surface area contributed by atoms with Crippen LogP contribution < -0.4 is 5.73 Å². The van der Waals surface area contributed by atoms with Gasteiger partial charge in [0.15, 0.2) is 11.6 Å². The molecular formula is C13H8F2N2OS. The number of aromatic nitrogens is 1. The van der Waals surface area contributed by atoms with Crippen LogP contribution in [0, 0.1) is 11.6 Å². The first-order valence-corrected chi connectivity index (χ1v) is 6.30. The monoisotopic (exact) mass is 278 g/mol. The van der Waals surface area contributed by atoms with E-state index >= 15 is 0 Å². The highest BCUT2D eigenvalue weighted by atomic mass is 32.1. The molecule has 0 atom stereocenters. The van der Waals surface area contributed by atoms with Gasteiger partial charge in [0.2, 0.25) is 5.88 Å². The van der Waals surface area contributed by atoms with Crippen LogP contribution in [0.1, 0.15) is 0 Å². The number of nitrogen functional groups attached to an aromatic ring is 1. The number of anilines is 1. The van der Waals surface area contributed by atoms with E-state index in [1.165, 1.54) is 23.5 Å². The zero-order valence-electron chi connectivity index (χ0n) is 9.56. The highest BCUT2D eigenvalue weighted by molar-refractivity contribution is 7.13. The van der Waals surface area contributed by atoms with Crippen LogP contribution in [0.15, 0.2) is 40.2 Å². The van der Waals surface area contributed by atoms with Gasteiger partial charge in [0, 0.05) is 10.4 Å². The third kappa shape index (κ3) is 1.90. The summed E-state index contributed by atoms with van der Waals surface area (Å²) in [5, 5.41) is 5.60. The molecule has 0 radical (unpaired) electrons. The smallest absolute Gasteiger partial charge is 0.231 e. The minimum absolute atomic E-state index is 0.0313. The molecule has 0 unspecified atom stereocenters. The van der Waals surface area contributed by atoms with E-state index in [1.54, 1.807) is 0 Å². The van der Waals surface area contributed by atoms with Crippen molar-refractivity contribution in [1.29, 1.82) is 0 Å². The maximum atomic E-state index is 13.8. The van der Waals surface area contributed by atoms with Gasteiger partial charge in [-0.2, -0.15) is 0 Å². The lowest BCUT2D eigenvalue weighted by Gasteiger charge is -2.02. The number of hydrogen-bond acceptors (Lipinski definition) is 4. The summed E-state index contributed by atoms with van der Waals surface area (Å²) in [6.45, 7) is 0. The van der Waals surface area contributed by atoms with Crippen LogP contribution in [0.5, 0.6) is 0 Å². The Balaban J connectivity index is 2.25. The molecule has 3 aromatic rings. The number of rotatable bonds is 2. The summed E-state index contributed by atoms with van der Waals surface area (Å²) in [4.78, 5) is 0.789. The Morgan fingerprint density at radius 2 is 2.00 bits per heavy atom. The van der Waals surface area contributed by atoms with E-state index in [4.69, 9.17) is 10.3 Å². The molecule has 1 aromatic carbocycles. The topological polar surface area (TPSA) is 52.0 Å². The SMILES string of the molecule is Nc1onc(-c2cccc(F)c2F)c1-c1cccs1. The number of thiophene rings is 1. The maximum absolute atomic E-state index is 13.8. The van der Waals surface area contributed by atoms with Gasteiger partial charge >= 0.3 is 0 Å². The number of nitrogens with zero attached hydrogens (tertiary/aromatic N) is 1. The Labute approximate surface area is 111 Å². The number of nitrogens with two attached hydrogens (primary N) is 1. The number of benzene rings is 1. The van der Waals surface area contributed by atoms with Crippen LogP contribution >= 0.6 is 11.3 Å². The number of hydrogen-bond donors (Lipinski definition) is 1. The molecule has 0 aliphatic rings. The van der Waals surface area contributed by atoms with Crippen molar-refractivity contribution in [2.45, 2.75) is 0 Å². The van der Waals surface area contributed by atoms with Gasteiger partial charge in [-0.05, 0) is 23.6 Å². The van der Waals surface area contributed by atoms with Crippen molar-refractivity contribution < 1.29 is 13.3 Å². The van der Waals surface area contributed by atoms with E-state index in [0.717, 1.165) is 10.9 Å². The first-order chi connectivity index (χ1) is 9.18. The molecule has 96 valence electrons. The summed E-state index contributed by atoms with van der Waals surface area (Å²) in [6, 6.07) is 7.54. The molecule has 2 aromatic heterocycles. The molecule has 19 heavy (non-hydrogen) atoms. The Morgan fingerprint density at radius 1 is 1.16 bits per heavy atom. The fraction of sp³-hybridized carbons (Fsp3) is 0. The highest BCUT2D eigenvalue weighted by Crippen LogP contribution is 2.39. The molecule has 0 saturated heterocycles. The van der Waals surface area contributed by atoms with Gasteiger partial charge in [-0.1, -0.05) is 17.3 Å². The van der Waals surface area contributed by atoms with E-state index in [1.807, 2.05) is 17.5 Å². The van der Waals surface area contributed by atoms with Crippen LogP contribution in [-0.2, 0) is 0 Å². The largest absolute Gasteiger partial charge is 0.367 e. The Bertz CT molecular complexity index is 722. The minimum Gasteiger partial charge on any atom is -0.367 e. The van der Waals surface area contributed by atoms with Gasteiger partial charge in [0.05, 0.1) is 5.56 Å².